The van der Waals surface area contributed by atoms with E-state index in [4.69, 9.17) is 4.74 Å². The van der Waals surface area contributed by atoms with Gasteiger partial charge in [-0.3, -0.25) is 9.69 Å². The van der Waals surface area contributed by atoms with Gasteiger partial charge in [-0.25, -0.2) is 4.98 Å². The number of carbonyl (C=O) groups is 1. The second-order valence-electron chi connectivity index (χ2n) is 6.67. The fourth-order valence-electron chi connectivity index (χ4n) is 3.24. The Morgan fingerprint density at radius 2 is 2.33 bits per heavy atom. The number of imidazole rings is 1. The highest BCUT2D eigenvalue weighted by atomic mass is 16.5. The highest BCUT2D eigenvalue weighted by Crippen LogP contribution is 2.24. The smallest absolute Gasteiger partial charge is 0.167 e. The van der Waals surface area contributed by atoms with Crippen LogP contribution in [0.25, 0.3) is 0 Å². The molecule has 1 aromatic carbocycles. The molecular weight excluding hydrogens is 302 g/mol. The lowest BCUT2D eigenvalue weighted by atomic mass is 9.90. The van der Waals surface area contributed by atoms with Gasteiger partial charge in [0.05, 0.1) is 12.6 Å². The number of benzene rings is 1. The highest BCUT2D eigenvalue weighted by Gasteiger charge is 2.27. The lowest BCUT2D eigenvalue weighted by molar-refractivity contribution is 0.0808. The minimum Gasteiger partial charge on any atom is -0.491 e. The lowest BCUT2D eigenvalue weighted by Crippen LogP contribution is -2.38. The van der Waals surface area contributed by atoms with E-state index in [1.807, 2.05) is 44.3 Å². The number of Topliss-reactive ketones (excluding diaryl/α,β-unsaturated/α-hetero) is 1. The van der Waals surface area contributed by atoms with Crippen LogP contribution in [-0.4, -0.2) is 39.8 Å². The molecule has 1 aromatic heterocycles. The average molecular weight is 327 g/mol. The van der Waals surface area contributed by atoms with Crippen molar-refractivity contribution in [1.82, 2.24) is 14.9 Å². The summed E-state index contributed by atoms with van der Waals surface area (Å²) in [5.41, 5.74) is 0.748. The third-order valence-corrected chi connectivity index (χ3v) is 4.29. The van der Waals surface area contributed by atoms with E-state index in [9.17, 15) is 4.79 Å². The predicted molar refractivity (Wildman–Crippen MR) is 93.1 cm³/mol. The molecule has 0 saturated carbocycles. The van der Waals surface area contributed by atoms with E-state index in [1.54, 1.807) is 6.20 Å². The zero-order chi connectivity index (χ0) is 16.9. The molecule has 3 rings (SSSR count). The van der Waals surface area contributed by atoms with Gasteiger partial charge in [0.1, 0.15) is 11.6 Å². The summed E-state index contributed by atoms with van der Waals surface area (Å²) < 4.78 is 5.71. The zero-order valence-electron chi connectivity index (χ0n) is 14.4. The molecule has 0 radical (unpaired) electrons. The molecule has 0 unspecified atom stereocenters. The van der Waals surface area contributed by atoms with Gasteiger partial charge in [0.2, 0.25) is 0 Å². The molecule has 1 atom stereocenters. The summed E-state index contributed by atoms with van der Waals surface area (Å²) >= 11 is 0. The van der Waals surface area contributed by atoms with Gasteiger partial charge in [-0.2, -0.15) is 0 Å². The molecule has 24 heavy (non-hydrogen) atoms. The number of ether oxygens (including phenoxy) is 1. The van der Waals surface area contributed by atoms with Gasteiger partial charge in [-0.1, -0.05) is 12.1 Å². The molecule has 0 aliphatic carbocycles. The fourth-order valence-corrected chi connectivity index (χ4v) is 3.24. The summed E-state index contributed by atoms with van der Waals surface area (Å²) in [5.74, 6) is 1.98. The maximum atomic E-state index is 12.9. The van der Waals surface area contributed by atoms with Crippen LogP contribution in [0.3, 0.4) is 0 Å². The molecule has 128 valence electrons. The highest BCUT2D eigenvalue weighted by molar-refractivity contribution is 5.98. The summed E-state index contributed by atoms with van der Waals surface area (Å²) in [5, 5.41) is 0. The number of piperidine rings is 1. The van der Waals surface area contributed by atoms with Gasteiger partial charge < -0.3 is 9.72 Å². The van der Waals surface area contributed by atoms with Crippen molar-refractivity contribution >= 4 is 5.78 Å². The minimum atomic E-state index is 0.0445. The molecule has 1 aliphatic rings. The van der Waals surface area contributed by atoms with E-state index in [0.29, 0.717) is 0 Å². The van der Waals surface area contributed by atoms with Gasteiger partial charge in [0, 0.05) is 30.4 Å². The summed E-state index contributed by atoms with van der Waals surface area (Å²) in [6.45, 7) is 6.55. The van der Waals surface area contributed by atoms with Crippen LogP contribution in [0.4, 0.5) is 0 Å². The Kier molecular flexibility index (Phi) is 5.30. The molecule has 1 saturated heterocycles. The first-order valence-electron chi connectivity index (χ1n) is 8.63. The van der Waals surface area contributed by atoms with Crippen LogP contribution in [0.5, 0.6) is 5.75 Å². The molecule has 1 N–H and O–H groups in total. The van der Waals surface area contributed by atoms with E-state index in [1.165, 1.54) is 0 Å². The van der Waals surface area contributed by atoms with Crippen molar-refractivity contribution in [2.45, 2.75) is 39.3 Å². The van der Waals surface area contributed by atoms with E-state index in [-0.39, 0.29) is 17.8 Å². The number of hydrogen-bond acceptors (Lipinski definition) is 4. The molecule has 0 bridgehead atoms. The molecule has 1 aliphatic heterocycles. The molecular formula is C19H25N3O2. The molecule has 5 heteroatoms. The monoisotopic (exact) mass is 327 g/mol. The van der Waals surface area contributed by atoms with Crippen LogP contribution in [0.15, 0.2) is 36.7 Å². The van der Waals surface area contributed by atoms with Gasteiger partial charge in [0.15, 0.2) is 5.78 Å². The number of nitrogens with zero attached hydrogens (tertiary/aromatic N) is 2. The first-order chi connectivity index (χ1) is 11.6. The molecule has 2 aromatic rings. The van der Waals surface area contributed by atoms with Crippen LogP contribution >= 0.6 is 0 Å². The fraction of sp³-hybridized carbons (Fsp3) is 0.474. The van der Waals surface area contributed by atoms with Gasteiger partial charge in [-0.05, 0) is 45.4 Å². The quantitative estimate of drug-likeness (QED) is 0.827. The summed E-state index contributed by atoms with van der Waals surface area (Å²) in [4.78, 5) is 22.6. The van der Waals surface area contributed by atoms with Crippen LogP contribution in [0.1, 0.15) is 42.9 Å². The number of H-pyrrole nitrogens is 1. The SMILES string of the molecule is CC(C)Oc1cccc(C(=O)[C@@H]2CCCN(Cc3ncc[nH]3)C2)c1. The van der Waals surface area contributed by atoms with E-state index in [2.05, 4.69) is 14.9 Å². The Labute approximate surface area is 143 Å². The predicted octanol–water partition coefficient (Wildman–Crippen LogP) is 3.29. The van der Waals surface area contributed by atoms with E-state index < -0.39 is 0 Å². The molecule has 5 nitrogen and oxygen atoms in total. The van der Waals surface area contributed by atoms with Crippen molar-refractivity contribution in [3.63, 3.8) is 0 Å². The van der Waals surface area contributed by atoms with E-state index in [0.717, 1.165) is 49.6 Å². The first-order valence-corrected chi connectivity index (χ1v) is 8.63. The van der Waals surface area contributed by atoms with Crippen LogP contribution < -0.4 is 4.74 Å². The van der Waals surface area contributed by atoms with E-state index >= 15 is 0 Å². The number of likely N-dealkylation sites (tertiary alicyclic amines) is 1. The molecule has 0 amide bonds. The maximum Gasteiger partial charge on any atom is 0.167 e. The second-order valence-corrected chi connectivity index (χ2v) is 6.67. The van der Waals surface area contributed by atoms with Crippen molar-refractivity contribution < 1.29 is 9.53 Å². The van der Waals surface area contributed by atoms with Crippen molar-refractivity contribution in [2.75, 3.05) is 13.1 Å². The van der Waals surface area contributed by atoms with Crippen molar-refractivity contribution in [3.8, 4) is 5.75 Å². The Bertz CT molecular complexity index is 667. The number of carbonyl (C=O) groups excluding carboxylic acids is 1. The van der Waals surface area contributed by atoms with Crippen LogP contribution in [0.2, 0.25) is 0 Å². The summed E-state index contributed by atoms with van der Waals surface area (Å²) in [7, 11) is 0. The lowest BCUT2D eigenvalue weighted by Gasteiger charge is -2.31. The van der Waals surface area contributed by atoms with Crippen LogP contribution in [-0.2, 0) is 6.54 Å². The first kappa shape index (κ1) is 16.7. The largest absolute Gasteiger partial charge is 0.491 e. The van der Waals surface area contributed by atoms with Gasteiger partial charge in [-0.15, -0.1) is 0 Å². The standard InChI is InChI=1S/C19H25N3O2/c1-14(2)24-17-7-3-5-15(11-17)19(23)16-6-4-10-22(12-16)13-18-20-8-9-21-18/h3,5,7-9,11,14,16H,4,6,10,12-13H2,1-2H3,(H,20,21)/t16-/m1/s1. The third-order valence-electron chi connectivity index (χ3n) is 4.29. The van der Waals surface area contributed by atoms with Crippen molar-refractivity contribution in [1.29, 1.82) is 0 Å². The Hall–Kier alpha value is -2.14. The number of aromatic amines is 1. The Morgan fingerprint density at radius 3 is 3.08 bits per heavy atom. The topological polar surface area (TPSA) is 58.2 Å². The number of ketones is 1. The molecule has 0 spiro atoms. The Balaban J connectivity index is 1.65. The summed E-state index contributed by atoms with van der Waals surface area (Å²) in [6.07, 6.45) is 5.70. The second kappa shape index (κ2) is 7.62. The number of nitrogens with one attached hydrogen (secondary N) is 1. The number of hydrogen-bond donors (Lipinski definition) is 1. The normalized spacial score (nSPS) is 18.7. The Morgan fingerprint density at radius 1 is 1.46 bits per heavy atom. The number of aromatic nitrogens is 2. The van der Waals surface area contributed by atoms with Crippen molar-refractivity contribution in [3.05, 3.63) is 48.0 Å². The average Bonchev–Trinajstić information content (AvgIpc) is 3.07. The minimum absolute atomic E-state index is 0.0445. The number of rotatable bonds is 6. The third kappa shape index (κ3) is 4.23. The van der Waals surface area contributed by atoms with Gasteiger partial charge >= 0.3 is 0 Å². The van der Waals surface area contributed by atoms with Crippen LogP contribution in [0, 0.1) is 5.92 Å². The van der Waals surface area contributed by atoms with Crippen molar-refractivity contribution in [2.24, 2.45) is 5.92 Å². The summed E-state index contributed by atoms with van der Waals surface area (Å²) in [6, 6.07) is 7.56. The zero-order valence-corrected chi connectivity index (χ0v) is 14.4. The van der Waals surface area contributed by atoms with Gasteiger partial charge in [0.25, 0.3) is 0 Å². The molecule has 2 heterocycles. The molecule has 1 fully saturated rings. The maximum absolute atomic E-state index is 12.9.